The number of carboxylic acid groups (broad SMARTS) is 1. The molecule has 0 aliphatic rings. The molecule has 0 amide bonds. The van der Waals surface area contributed by atoms with Crippen LogP contribution in [-0.2, 0) is 0 Å². The standard InChI is InChI=1S/C9H7BrN2O2/c1-5-2-6(10)4-12-8(5)3-7(11-12)9(13)14/h2-4H,1H3,(H,13,14). The predicted molar refractivity (Wildman–Crippen MR) is 54.6 cm³/mol. The number of carboxylic acids is 1. The van der Waals surface area contributed by atoms with Gasteiger partial charge in [-0.25, -0.2) is 9.31 Å². The third-order valence-electron chi connectivity index (χ3n) is 1.96. The van der Waals surface area contributed by atoms with Crippen molar-refractivity contribution in [2.75, 3.05) is 0 Å². The Hall–Kier alpha value is -1.36. The summed E-state index contributed by atoms with van der Waals surface area (Å²) in [6, 6.07) is 3.48. The minimum atomic E-state index is -1.01. The summed E-state index contributed by atoms with van der Waals surface area (Å²) in [6.07, 6.45) is 1.73. The minimum absolute atomic E-state index is 0.0613. The van der Waals surface area contributed by atoms with Crippen molar-refractivity contribution in [1.82, 2.24) is 9.61 Å². The Labute approximate surface area is 88.3 Å². The number of carbonyl (C=O) groups is 1. The highest BCUT2D eigenvalue weighted by Gasteiger charge is 2.10. The molecule has 0 bridgehead atoms. The van der Waals surface area contributed by atoms with Crippen molar-refractivity contribution in [3.8, 4) is 0 Å². The molecule has 0 radical (unpaired) electrons. The highest BCUT2D eigenvalue weighted by atomic mass is 79.9. The van der Waals surface area contributed by atoms with Crippen molar-refractivity contribution in [3.63, 3.8) is 0 Å². The van der Waals surface area contributed by atoms with E-state index in [0.29, 0.717) is 0 Å². The fourth-order valence-corrected chi connectivity index (χ4v) is 1.86. The summed E-state index contributed by atoms with van der Waals surface area (Å²) < 4.78 is 2.44. The number of aromatic nitrogens is 2. The fraction of sp³-hybridized carbons (Fsp3) is 0.111. The Morgan fingerprint density at radius 2 is 2.29 bits per heavy atom. The Kier molecular flexibility index (Phi) is 2.03. The van der Waals surface area contributed by atoms with Gasteiger partial charge in [-0.05, 0) is 40.5 Å². The molecule has 0 aromatic carbocycles. The Morgan fingerprint density at radius 1 is 1.57 bits per heavy atom. The van der Waals surface area contributed by atoms with E-state index in [1.165, 1.54) is 0 Å². The molecule has 4 nitrogen and oxygen atoms in total. The lowest BCUT2D eigenvalue weighted by molar-refractivity contribution is 0.0690. The van der Waals surface area contributed by atoms with Gasteiger partial charge >= 0.3 is 5.97 Å². The number of aryl methyl sites for hydroxylation is 1. The van der Waals surface area contributed by atoms with Crippen molar-refractivity contribution in [2.24, 2.45) is 0 Å². The Morgan fingerprint density at radius 3 is 2.93 bits per heavy atom. The van der Waals surface area contributed by atoms with Crippen molar-refractivity contribution in [3.05, 3.63) is 34.1 Å². The third kappa shape index (κ3) is 1.39. The second-order valence-corrected chi connectivity index (χ2v) is 3.92. The van der Waals surface area contributed by atoms with Gasteiger partial charge in [0.15, 0.2) is 5.69 Å². The van der Waals surface area contributed by atoms with Gasteiger partial charge in [0, 0.05) is 10.7 Å². The first-order chi connectivity index (χ1) is 6.58. The topological polar surface area (TPSA) is 54.6 Å². The van der Waals surface area contributed by atoms with Crippen molar-refractivity contribution in [1.29, 1.82) is 0 Å². The quantitative estimate of drug-likeness (QED) is 0.848. The minimum Gasteiger partial charge on any atom is -0.476 e. The van der Waals surface area contributed by atoms with Crippen LogP contribution in [0.15, 0.2) is 22.8 Å². The molecule has 0 spiro atoms. The molecule has 5 heteroatoms. The maximum atomic E-state index is 10.7. The van der Waals surface area contributed by atoms with Crippen LogP contribution >= 0.6 is 15.9 Å². The molecule has 0 saturated carbocycles. The van der Waals surface area contributed by atoms with E-state index >= 15 is 0 Å². The largest absolute Gasteiger partial charge is 0.476 e. The van der Waals surface area contributed by atoms with E-state index in [1.54, 1.807) is 16.8 Å². The van der Waals surface area contributed by atoms with Gasteiger partial charge in [0.05, 0.1) is 5.52 Å². The normalized spacial score (nSPS) is 10.7. The first-order valence-electron chi connectivity index (χ1n) is 3.97. The van der Waals surface area contributed by atoms with Crippen molar-refractivity contribution >= 4 is 27.4 Å². The molecule has 2 heterocycles. The average molecular weight is 255 g/mol. The molecule has 0 aliphatic carbocycles. The molecule has 72 valence electrons. The van der Waals surface area contributed by atoms with E-state index in [0.717, 1.165) is 15.6 Å². The molecule has 2 aromatic rings. The Balaban J connectivity index is 2.76. The maximum Gasteiger partial charge on any atom is 0.356 e. The van der Waals surface area contributed by atoms with Crippen LogP contribution in [0.1, 0.15) is 16.1 Å². The number of nitrogens with zero attached hydrogens (tertiary/aromatic N) is 2. The fourth-order valence-electron chi connectivity index (χ4n) is 1.33. The Bertz CT molecular complexity index is 519. The number of hydrogen-bond donors (Lipinski definition) is 1. The molecule has 14 heavy (non-hydrogen) atoms. The van der Waals surface area contributed by atoms with Gasteiger partial charge in [0.2, 0.25) is 0 Å². The molecular weight excluding hydrogens is 248 g/mol. The number of fused-ring (bicyclic) bond motifs is 1. The molecule has 0 aliphatic heterocycles. The van der Waals surface area contributed by atoms with E-state index < -0.39 is 5.97 Å². The van der Waals surface area contributed by atoms with E-state index in [-0.39, 0.29) is 5.69 Å². The lowest BCUT2D eigenvalue weighted by atomic mass is 10.2. The first kappa shape index (κ1) is 9.21. The van der Waals surface area contributed by atoms with Crippen LogP contribution in [0.25, 0.3) is 5.52 Å². The van der Waals surface area contributed by atoms with Gasteiger partial charge < -0.3 is 5.11 Å². The number of rotatable bonds is 1. The van der Waals surface area contributed by atoms with E-state index in [9.17, 15) is 4.79 Å². The summed E-state index contributed by atoms with van der Waals surface area (Å²) in [5, 5.41) is 12.7. The van der Waals surface area contributed by atoms with Crippen LogP contribution in [0.2, 0.25) is 0 Å². The summed E-state index contributed by atoms with van der Waals surface area (Å²) in [7, 11) is 0. The molecule has 0 atom stereocenters. The SMILES string of the molecule is Cc1cc(Br)cn2nc(C(=O)O)cc12. The molecular formula is C9H7BrN2O2. The van der Waals surface area contributed by atoms with Gasteiger partial charge in [0.25, 0.3) is 0 Å². The number of pyridine rings is 1. The molecule has 1 N–H and O–H groups in total. The highest BCUT2D eigenvalue weighted by Crippen LogP contribution is 2.17. The second kappa shape index (κ2) is 3.09. The highest BCUT2D eigenvalue weighted by molar-refractivity contribution is 9.10. The molecule has 0 fully saturated rings. The lowest BCUT2D eigenvalue weighted by Gasteiger charge is -1.97. The van der Waals surface area contributed by atoms with Crippen molar-refractivity contribution < 1.29 is 9.90 Å². The van der Waals surface area contributed by atoms with Gasteiger partial charge in [-0.1, -0.05) is 0 Å². The molecule has 0 unspecified atom stereocenters. The molecule has 2 rings (SSSR count). The monoisotopic (exact) mass is 254 g/mol. The van der Waals surface area contributed by atoms with E-state index in [2.05, 4.69) is 21.0 Å². The van der Waals surface area contributed by atoms with Crippen molar-refractivity contribution in [2.45, 2.75) is 6.92 Å². The van der Waals surface area contributed by atoms with Crippen LogP contribution in [-0.4, -0.2) is 20.7 Å². The summed E-state index contributed by atoms with van der Waals surface area (Å²) in [5.74, 6) is -1.01. The van der Waals surface area contributed by atoms with Gasteiger partial charge in [-0.2, -0.15) is 5.10 Å². The lowest BCUT2D eigenvalue weighted by Crippen LogP contribution is -1.97. The molecule has 0 saturated heterocycles. The summed E-state index contributed by atoms with van der Waals surface area (Å²) in [4.78, 5) is 10.7. The maximum absolute atomic E-state index is 10.7. The summed E-state index contributed by atoms with van der Waals surface area (Å²) >= 11 is 3.32. The number of hydrogen-bond acceptors (Lipinski definition) is 2. The van der Waals surface area contributed by atoms with E-state index in [1.807, 2.05) is 13.0 Å². The van der Waals surface area contributed by atoms with Gasteiger partial charge in [-0.15, -0.1) is 0 Å². The predicted octanol–water partition coefficient (Wildman–Crippen LogP) is 2.10. The van der Waals surface area contributed by atoms with E-state index in [4.69, 9.17) is 5.11 Å². The summed E-state index contributed by atoms with van der Waals surface area (Å²) in [5.41, 5.74) is 1.86. The molecule has 2 aromatic heterocycles. The zero-order valence-electron chi connectivity index (χ0n) is 7.36. The van der Waals surface area contributed by atoms with Crippen LogP contribution in [0, 0.1) is 6.92 Å². The smallest absolute Gasteiger partial charge is 0.356 e. The van der Waals surface area contributed by atoms with Gasteiger partial charge in [0.1, 0.15) is 0 Å². The van der Waals surface area contributed by atoms with Gasteiger partial charge in [-0.3, -0.25) is 0 Å². The third-order valence-corrected chi connectivity index (χ3v) is 2.39. The number of halogens is 1. The summed E-state index contributed by atoms with van der Waals surface area (Å²) in [6.45, 7) is 1.91. The van der Waals surface area contributed by atoms with Crippen LogP contribution in [0.4, 0.5) is 0 Å². The zero-order valence-corrected chi connectivity index (χ0v) is 8.95. The average Bonchev–Trinajstić information content (AvgIpc) is 2.47. The van der Waals surface area contributed by atoms with Crippen LogP contribution < -0.4 is 0 Å². The number of aromatic carboxylic acids is 1. The second-order valence-electron chi connectivity index (χ2n) is 3.01. The first-order valence-corrected chi connectivity index (χ1v) is 4.76. The van der Waals surface area contributed by atoms with Crippen LogP contribution in [0.5, 0.6) is 0 Å². The zero-order chi connectivity index (χ0) is 10.3. The van der Waals surface area contributed by atoms with Crippen LogP contribution in [0.3, 0.4) is 0 Å².